The molecule has 1 unspecified atom stereocenters. The second-order valence-corrected chi connectivity index (χ2v) is 6.63. The van der Waals surface area contributed by atoms with Gasteiger partial charge in [0.1, 0.15) is 5.75 Å². The van der Waals surface area contributed by atoms with Crippen LogP contribution in [-0.4, -0.2) is 23.0 Å². The first-order valence-corrected chi connectivity index (χ1v) is 9.45. The highest BCUT2D eigenvalue weighted by atomic mass is 32.1. The van der Waals surface area contributed by atoms with Crippen LogP contribution >= 0.6 is 12.2 Å². The quantitative estimate of drug-likeness (QED) is 0.386. The van der Waals surface area contributed by atoms with E-state index in [0.29, 0.717) is 12.2 Å². The lowest BCUT2D eigenvalue weighted by molar-refractivity contribution is -0.128. The summed E-state index contributed by atoms with van der Waals surface area (Å²) in [6.07, 6.45) is 2.52. The van der Waals surface area contributed by atoms with E-state index in [0.717, 1.165) is 30.0 Å². The van der Waals surface area contributed by atoms with Gasteiger partial charge in [-0.3, -0.25) is 20.4 Å². The summed E-state index contributed by atoms with van der Waals surface area (Å²) < 4.78 is 5.68. The van der Waals surface area contributed by atoms with Gasteiger partial charge in [0.05, 0.1) is 0 Å². The number of carbonyl (C=O) groups is 2. The highest BCUT2D eigenvalue weighted by Gasteiger charge is 2.15. The highest BCUT2D eigenvalue weighted by Crippen LogP contribution is 2.21. The third-order valence-electron chi connectivity index (χ3n) is 3.96. The zero-order valence-electron chi connectivity index (χ0n) is 15.6. The summed E-state index contributed by atoms with van der Waals surface area (Å²) in [5.74, 6) is 0.0320. The predicted octanol–water partition coefficient (Wildman–Crippen LogP) is 3.21. The van der Waals surface area contributed by atoms with E-state index in [-0.39, 0.29) is 11.0 Å². The van der Waals surface area contributed by atoms with E-state index in [9.17, 15) is 9.59 Å². The molecule has 0 aliphatic rings. The van der Waals surface area contributed by atoms with Gasteiger partial charge in [0.15, 0.2) is 11.2 Å². The Morgan fingerprint density at radius 1 is 1.07 bits per heavy atom. The molecule has 3 N–H and O–H groups in total. The van der Waals surface area contributed by atoms with E-state index in [1.54, 1.807) is 6.92 Å². The van der Waals surface area contributed by atoms with E-state index in [2.05, 4.69) is 23.1 Å². The predicted molar refractivity (Wildman–Crippen MR) is 110 cm³/mol. The molecule has 0 spiro atoms. The summed E-state index contributed by atoms with van der Waals surface area (Å²) in [6.45, 7) is 3.71. The number of ether oxygens (including phenoxy) is 1. The first-order valence-electron chi connectivity index (χ1n) is 9.04. The van der Waals surface area contributed by atoms with Crippen LogP contribution in [0.3, 0.4) is 0 Å². The molecule has 0 saturated heterocycles. The molecule has 0 saturated carbocycles. The Bertz CT molecular complexity index is 810. The fraction of sp³-hybridized carbons (Fsp3) is 0.350. The maximum absolute atomic E-state index is 12.1. The average Bonchev–Trinajstić information content (AvgIpc) is 2.66. The number of benzene rings is 2. The van der Waals surface area contributed by atoms with Crippen LogP contribution in [0.15, 0.2) is 42.5 Å². The number of carbonyl (C=O) groups excluding carboxylic acids is 2. The summed E-state index contributed by atoms with van der Waals surface area (Å²) in [5.41, 5.74) is 4.96. The maximum Gasteiger partial charge on any atom is 0.279 e. The van der Waals surface area contributed by atoms with Gasteiger partial charge in [0.25, 0.3) is 5.91 Å². The number of nitrogens with one attached hydrogen (secondary N) is 3. The number of thiocarbonyl (C=S) groups is 1. The van der Waals surface area contributed by atoms with Crippen LogP contribution in [0.25, 0.3) is 10.8 Å². The van der Waals surface area contributed by atoms with Gasteiger partial charge in [-0.05, 0) is 48.5 Å². The van der Waals surface area contributed by atoms with Crippen molar-refractivity contribution in [2.24, 2.45) is 0 Å². The van der Waals surface area contributed by atoms with E-state index < -0.39 is 12.0 Å². The summed E-state index contributed by atoms with van der Waals surface area (Å²) in [6, 6.07) is 13.6. The summed E-state index contributed by atoms with van der Waals surface area (Å²) >= 11 is 5.00. The lowest BCUT2D eigenvalue weighted by atomic mass is 10.1. The van der Waals surface area contributed by atoms with E-state index in [4.69, 9.17) is 17.0 Å². The first-order chi connectivity index (χ1) is 13.0. The standard InChI is InChI=1S/C20H25N3O3S/c1-3-4-5-10-18(24)21-20(27)23-22-19(25)14(2)26-17-12-11-15-8-6-7-9-16(15)13-17/h6-9,11-14H,3-5,10H2,1-2H3,(H,22,25)(H2,21,23,24,27). The molecular weight excluding hydrogens is 362 g/mol. The van der Waals surface area contributed by atoms with E-state index >= 15 is 0 Å². The summed E-state index contributed by atoms with van der Waals surface area (Å²) in [5, 5.41) is 4.72. The zero-order chi connectivity index (χ0) is 19.6. The van der Waals surface area contributed by atoms with Gasteiger partial charge in [0, 0.05) is 6.42 Å². The van der Waals surface area contributed by atoms with Crippen molar-refractivity contribution in [3.63, 3.8) is 0 Å². The van der Waals surface area contributed by atoms with Crippen molar-refractivity contribution in [3.8, 4) is 5.75 Å². The van der Waals surface area contributed by atoms with Gasteiger partial charge < -0.3 is 10.1 Å². The van der Waals surface area contributed by atoms with Crippen LogP contribution in [0, 0.1) is 0 Å². The molecule has 7 heteroatoms. The molecule has 0 radical (unpaired) electrons. The van der Waals surface area contributed by atoms with Crippen LogP contribution in [0.2, 0.25) is 0 Å². The molecule has 0 aliphatic carbocycles. The van der Waals surface area contributed by atoms with E-state index in [1.807, 2.05) is 42.5 Å². The number of hydrogen-bond acceptors (Lipinski definition) is 4. The summed E-state index contributed by atoms with van der Waals surface area (Å²) in [7, 11) is 0. The molecule has 2 aromatic rings. The van der Waals surface area contributed by atoms with Gasteiger partial charge in [-0.1, -0.05) is 50.1 Å². The summed E-state index contributed by atoms with van der Waals surface area (Å²) in [4.78, 5) is 23.8. The van der Waals surface area contributed by atoms with Gasteiger partial charge in [-0.25, -0.2) is 0 Å². The van der Waals surface area contributed by atoms with Crippen LogP contribution in [0.1, 0.15) is 39.5 Å². The number of rotatable bonds is 7. The lowest BCUT2D eigenvalue weighted by Gasteiger charge is -2.16. The number of fused-ring (bicyclic) bond motifs is 1. The van der Waals surface area contributed by atoms with Crippen LogP contribution in [0.5, 0.6) is 5.75 Å². The molecule has 6 nitrogen and oxygen atoms in total. The molecule has 0 aliphatic heterocycles. The Labute approximate surface area is 164 Å². The van der Waals surface area contributed by atoms with Crippen LogP contribution in [-0.2, 0) is 9.59 Å². The van der Waals surface area contributed by atoms with Gasteiger partial charge in [0.2, 0.25) is 5.91 Å². The molecule has 2 aromatic carbocycles. The number of unbranched alkanes of at least 4 members (excludes halogenated alkanes) is 2. The molecule has 2 amide bonds. The fourth-order valence-corrected chi connectivity index (χ4v) is 2.64. The fourth-order valence-electron chi connectivity index (χ4n) is 2.47. The molecule has 1 atom stereocenters. The Balaban J connectivity index is 1.77. The van der Waals surface area contributed by atoms with E-state index in [1.165, 1.54) is 0 Å². The van der Waals surface area contributed by atoms with Gasteiger partial charge in [-0.15, -0.1) is 0 Å². The monoisotopic (exact) mass is 387 g/mol. The van der Waals surface area contributed by atoms with Crippen LogP contribution < -0.4 is 20.9 Å². The number of hydrazine groups is 1. The van der Waals surface area contributed by atoms with Crippen molar-refractivity contribution in [2.75, 3.05) is 0 Å². The average molecular weight is 388 g/mol. The third-order valence-corrected chi connectivity index (χ3v) is 4.17. The van der Waals surface area contributed by atoms with Gasteiger partial charge in [-0.2, -0.15) is 0 Å². The van der Waals surface area contributed by atoms with Crippen molar-refractivity contribution >= 4 is 39.9 Å². The molecule has 0 bridgehead atoms. The molecule has 27 heavy (non-hydrogen) atoms. The van der Waals surface area contributed by atoms with Crippen molar-refractivity contribution in [1.82, 2.24) is 16.2 Å². The Morgan fingerprint density at radius 2 is 1.81 bits per heavy atom. The number of amides is 2. The Morgan fingerprint density at radius 3 is 2.56 bits per heavy atom. The highest BCUT2D eigenvalue weighted by molar-refractivity contribution is 7.80. The molecule has 144 valence electrons. The minimum Gasteiger partial charge on any atom is -0.481 e. The van der Waals surface area contributed by atoms with Crippen molar-refractivity contribution in [2.45, 2.75) is 45.6 Å². The lowest BCUT2D eigenvalue weighted by Crippen LogP contribution is -2.51. The first kappa shape index (κ1) is 20.6. The normalized spacial score (nSPS) is 11.5. The minimum atomic E-state index is -0.735. The largest absolute Gasteiger partial charge is 0.481 e. The molecule has 0 aromatic heterocycles. The molecular formula is C20H25N3O3S. The van der Waals surface area contributed by atoms with Gasteiger partial charge >= 0.3 is 0 Å². The molecule has 0 heterocycles. The third kappa shape index (κ3) is 6.86. The SMILES string of the molecule is CCCCCC(=O)NC(=S)NNC(=O)C(C)Oc1ccc2ccccc2c1. The minimum absolute atomic E-state index is 0.0581. The van der Waals surface area contributed by atoms with Crippen molar-refractivity contribution in [3.05, 3.63) is 42.5 Å². The maximum atomic E-state index is 12.1. The molecule has 2 rings (SSSR count). The van der Waals surface area contributed by atoms with Crippen LogP contribution in [0.4, 0.5) is 0 Å². The zero-order valence-corrected chi connectivity index (χ0v) is 16.4. The Hall–Kier alpha value is -2.67. The number of hydrogen-bond donors (Lipinski definition) is 3. The van der Waals surface area contributed by atoms with Crippen molar-refractivity contribution in [1.29, 1.82) is 0 Å². The second-order valence-electron chi connectivity index (χ2n) is 6.22. The van der Waals surface area contributed by atoms with Crippen molar-refractivity contribution < 1.29 is 14.3 Å². The Kier molecular flexibility index (Phi) is 8.00. The topological polar surface area (TPSA) is 79.5 Å². The molecule has 0 fully saturated rings. The second kappa shape index (κ2) is 10.5. The smallest absolute Gasteiger partial charge is 0.279 e.